The zero-order chi connectivity index (χ0) is 13.7. The van der Waals surface area contributed by atoms with E-state index in [1.54, 1.807) is 0 Å². The van der Waals surface area contributed by atoms with E-state index in [4.69, 9.17) is 16.3 Å². The first-order valence-corrected chi connectivity index (χ1v) is 6.40. The van der Waals surface area contributed by atoms with Gasteiger partial charge in [0, 0.05) is 5.02 Å². The van der Waals surface area contributed by atoms with Gasteiger partial charge in [-0.2, -0.15) is 0 Å². The molecule has 0 radical (unpaired) electrons. The summed E-state index contributed by atoms with van der Waals surface area (Å²) in [6.07, 6.45) is 0. The molecule has 18 heavy (non-hydrogen) atoms. The molecule has 0 aliphatic carbocycles. The molecule has 1 aromatic carbocycles. The van der Waals surface area contributed by atoms with Crippen LogP contribution in [0.25, 0.3) is 0 Å². The molecule has 0 saturated carbocycles. The largest absolute Gasteiger partial charge is 0.468 e. The summed E-state index contributed by atoms with van der Waals surface area (Å²) >= 11 is 6.09. The number of ether oxygens (including phenoxy) is 1. The quantitative estimate of drug-likeness (QED) is 0.835. The van der Waals surface area contributed by atoms with E-state index in [1.165, 1.54) is 7.11 Å². The maximum Gasteiger partial charge on any atom is 0.327 e. The van der Waals surface area contributed by atoms with E-state index in [9.17, 15) is 4.79 Å². The van der Waals surface area contributed by atoms with E-state index in [0.717, 1.165) is 17.7 Å². The molecule has 1 rings (SSSR count). The lowest BCUT2D eigenvalue weighted by atomic mass is 10.0. The van der Waals surface area contributed by atoms with Gasteiger partial charge in [-0.05, 0) is 36.6 Å². The van der Waals surface area contributed by atoms with Crippen molar-refractivity contribution >= 4 is 17.6 Å². The Hall–Kier alpha value is -1.06. The van der Waals surface area contributed by atoms with Crippen LogP contribution in [0.2, 0.25) is 5.02 Å². The summed E-state index contributed by atoms with van der Waals surface area (Å²) in [5.74, 6) is 0.161. The topological polar surface area (TPSA) is 38.3 Å². The molecule has 0 amide bonds. The first-order chi connectivity index (χ1) is 8.45. The highest BCUT2D eigenvalue weighted by atomic mass is 35.5. The van der Waals surface area contributed by atoms with Crippen molar-refractivity contribution < 1.29 is 9.53 Å². The Balaban J connectivity index is 2.94. The van der Waals surface area contributed by atoms with Crippen LogP contribution in [0.15, 0.2) is 18.2 Å². The van der Waals surface area contributed by atoms with Gasteiger partial charge in [0.15, 0.2) is 0 Å². The second-order valence-electron chi connectivity index (χ2n) is 4.77. The second-order valence-corrected chi connectivity index (χ2v) is 5.17. The number of nitrogens with one attached hydrogen (secondary N) is 1. The van der Waals surface area contributed by atoms with Crippen molar-refractivity contribution in [2.24, 2.45) is 5.92 Å². The Bertz CT molecular complexity index is 418. The summed E-state index contributed by atoms with van der Waals surface area (Å²) in [5.41, 5.74) is 1.82. The first-order valence-electron chi connectivity index (χ1n) is 6.03. The summed E-state index contributed by atoms with van der Waals surface area (Å²) in [7, 11) is 1.39. The van der Waals surface area contributed by atoms with E-state index in [0.29, 0.717) is 10.9 Å². The molecule has 0 aliphatic rings. The molecule has 0 heterocycles. The molecule has 0 saturated heterocycles. The van der Waals surface area contributed by atoms with Gasteiger partial charge >= 0.3 is 5.97 Å². The van der Waals surface area contributed by atoms with Crippen LogP contribution < -0.4 is 5.32 Å². The number of hydrogen-bond donors (Lipinski definition) is 1. The van der Waals surface area contributed by atoms with Gasteiger partial charge in [-0.15, -0.1) is 0 Å². The van der Waals surface area contributed by atoms with Gasteiger partial charge in [-0.1, -0.05) is 37.6 Å². The van der Waals surface area contributed by atoms with Crippen LogP contribution in [-0.2, 0) is 9.53 Å². The van der Waals surface area contributed by atoms with Gasteiger partial charge in [0.25, 0.3) is 0 Å². The predicted octanol–water partition coefficient (Wildman–Crippen LogP) is 3.11. The van der Waals surface area contributed by atoms with Crippen molar-refractivity contribution in [1.29, 1.82) is 0 Å². The summed E-state index contributed by atoms with van der Waals surface area (Å²) in [4.78, 5) is 11.8. The second kappa shape index (κ2) is 6.76. The zero-order valence-corrected chi connectivity index (χ0v) is 12.0. The third-order valence-corrected chi connectivity index (χ3v) is 3.10. The van der Waals surface area contributed by atoms with Gasteiger partial charge < -0.3 is 10.1 Å². The first kappa shape index (κ1) is 15.0. The van der Waals surface area contributed by atoms with E-state index < -0.39 is 6.04 Å². The third-order valence-electron chi connectivity index (χ3n) is 2.70. The molecular weight excluding hydrogens is 250 g/mol. The molecule has 0 aromatic heterocycles. The van der Waals surface area contributed by atoms with Crippen LogP contribution >= 0.6 is 11.6 Å². The number of methoxy groups -OCH3 is 1. The number of carbonyl (C=O) groups excluding carboxylic acids is 1. The summed E-state index contributed by atoms with van der Waals surface area (Å²) in [5, 5.41) is 3.86. The smallest absolute Gasteiger partial charge is 0.327 e. The van der Waals surface area contributed by atoms with Gasteiger partial charge in [0.2, 0.25) is 0 Å². The fourth-order valence-electron chi connectivity index (χ4n) is 1.60. The molecule has 0 spiro atoms. The van der Waals surface area contributed by atoms with Crippen LogP contribution in [-0.4, -0.2) is 19.6 Å². The molecular formula is C14H20ClNO2. The molecule has 0 fully saturated rings. The highest BCUT2D eigenvalue weighted by molar-refractivity contribution is 6.31. The van der Waals surface area contributed by atoms with Crippen molar-refractivity contribution in [2.45, 2.75) is 26.8 Å². The lowest BCUT2D eigenvalue weighted by Crippen LogP contribution is -2.32. The fourth-order valence-corrected chi connectivity index (χ4v) is 1.79. The van der Waals surface area contributed by atoms with Crippen molar-refractivity contribution in [2.75, 3.05) is 13.7 Å². The molecule has 3 nitrogen and oxygen atoms in total. The van der Waals surface area contributed by atoms with E-state index >= 15 is 0 Å². The van der Waals surface area contributed by atoms with E-state index in [2.05, 4.69) is 19.2 Å². The van der Waals surface area contributed by atoms with E-state index in [-0.39, 0.29) is 5.97 Å². The molecule has 0 aliphatic heterocycles. The number of esters is 1. The Morgan fingerprint density at radius 1 is 1.44 bits per heavy atom. The van der Waals surface area contributed by atoms with Crippen LogP contribution in [0, 0.1) is 12.8 Å². The third kappa shape index (κ3) is 4.00. The minimum Gasteiger partial charge on any atom is -0.468 e. The normalized spacial score (nSPS) is 12.6. The molecule has 1 unspecified atom stereocenters. The number of halogens is 1. The molecule has 1 aromatic rings. The monoisotopic (exact) mass is 269 g/mol. The van der Waals surface area contributed by atoms with Crippen molar-refractivity contribution in [1.82, 2.24) is 5.32 Å². The minimum absolute atomic E-state index is 0.296. The van der Waals surface area contributed by atoms with Crippen LogP contribution in [0.5, 0.6) is 0 Å². The van der Waals surface area contributed by atoms with Crippen molar-refractivity contribution in [3.8, 4) is 0 Å². The van der Waals surface area contributed by atoms with Crippen molar-refractivity contribution in [3.63, 3.8) is 0 Å². The van der Waals surface area contributed by atoms with Gasteiger partial charge in [-0.3, -0.25) is 0 Å². The van der Waals surface area contributed by atoms with Crippen LogP contribution in [0.1, 0.15) is 31.0 Å². The molecule has 0 bridgehead atoms. The molecule has 1 N–H and O–H groups in total. The zero-order valence-electron chi connectivity index (χ0n) is 11.3. The lowest BCUT2D eigenvalue weighted by Gasteiger charge is -2.18. The Kier molecular flexibility index (Phi) is 5.63. The summed E-state index contributed by atoms with van der Waals surface area (Å²) in [6, 6.07) is 5.16. The number of carbonyl (C=O) groups is 1. The summed E-state index contributed by atoms with van der Waals surface area (Å²) in [6.45, 7) is 6.85. The maximum atomic E-state index is 11.8. The lowest BCUT2D eigenvalue weighted by molar-refractivity contribution is -0.143. The van der Waals surface area contributed by atoms with Crippen molar-refractivity contribution in [3.05, 3.63) is 34.3 Å². The number of hydrogen-bond acceptors (Lipinski definition) is 3. The molecule has 1 atom stereocenters. The Morgan fingerprint density at radius 2 is 2.11 bits per heavy atom. The molecule has 100 valence electrons. The average Bonchev–Trinajstić information content (AvgIpc) is 2.33. The Morgan fingerprint density at radius 3 is 2.61 bits per heavy atom. The Labute approximate surface area is 113 Å². The minimum atomic E-state index is -0.463. The molecule has 4 heteroatoms. The summed E-state index contributed by atoms with van der Waals surface area (Å²) < 4.78 is 4.82. The van der Waals surface area contributed by atoms with Gasteiger partial charge in [-0.25, -0.2) is 4.79 Å². The standard InChI is InChI=1S/C14H20ClNO2/c1-9(2)8-16-13(14(17)18-4)11-6-5-10(3)12(15)7-11/h5-7,9,13,16H,8H2,1-4H3. The highest BCUT2D eigenvalue weighted by Gasteiger charge is 2.21. The maximum absolute atomic E-state index is 11.8. The van der Waals surface area contributed by atoms with Gasteiger partial charge in [0.1, 0.15) is 6.04 Å². The SMILES string of the molecule is COC(=O)C(NCC(C)C)c1ccc(C)c(Cl)c1. The van der Waals surface area contributed by atoms with Crippen LogP contribution in [0.4, 0.5) is 0 Å². The fraction of sp³-hybridized carbons (Fsp3) is 0.500. The number of aryl methyl sites for hydroxylation is 1. The highest BCUT2D eigenvalue weighted by Crippen LogP contribution is 2.22. The average molecular weight is 270 g/mol. The number of benzene rings is 1. The van der Waals surface area contributed by atoms with Crippen LogP contribution in [0.3, 0.4) is 0 Å². The van der Waals surface area contributed by atoms with Gasteiger partial charge in [0.05, 0.1) is 7.11 Å². The van der Waals surface area contributed by atoms with E-state index in [1.807, 2.05) is 25.1 Å². The number of rotatable bonds is 5. The predicted molar refractivity (Wildman–Crippen MR) is 73.8 cm³/mol.